The number of carbonyl (C=O) groups excluding carboxylic acids is 1. The highest BCUT2D eigenvalue weighted by Crippen LogP contribution is 2.42. The van der Waals surface area contributed by atoms with E-state index in [1.165, 1.54) is 18.4 Å². The van der Waals surface area contributed by atoms with E-state index in [1.54, 1.807) is 30.3 Å². The Balaban J connectivity index is 1.38. The lowest BCUT2D eigenvalue weighted by atomic mass is 9.76. The number of ether oxygens (including phenoxy) is 2. The Kier molecular flexibility index (Phi) is 5.92. The predicted octanol–water partition coefficient (Wildman–Crippen LogP) is 2.22. The van der Waals surface area contributed by atoms with Crippen LogP contribution in [-0.4, -0.2) is 68.8 Å². The highest BCUT2D eigenvalue weighted by atomic mass is 32.1. The van der Waals surface area contributed by atoms with E-state index in [1.807, 2.05) is 0 Å². The van der Waals surface area contributed by atoms with Crippen LogP contribution in [0.5, 0.6) is 0 Å². The highest BCUT2D eigenvalue weighted by molar-refractivity contribution is 7.07. The molecule has 134 valence electrons. The number of likely N-dealkylation sites (N-methyl/N-ethyl adjacent to an activating group) is 1. The first kappa shape index (κ1) is 17.9. The van der Waals surface area contributed by atoms with Gasteiger partial charge in [-0.25, -0.2) is 0 Å². The van der Waals surface area contributed by atoms with Crippen LogP contribution in [0.25, 0.3) is 0 Å². The third-order valence-electron chi connectivity index (χ3n) is 5.22. The third kappa shape index (κ3) is 4.57. The Morgan fingerprint density at radius 1 is 1.46 bits per heavy atom. The number of piperidine rings is 1. The van der Waals surface area contributed by atoms with Crippen molar-refractivity contribution >= 4 is 17.2 Å². The molecule has 5 nitrogen and oxygen atoms in total. The molecule has 0 aliphatic carbocycles. The lowest BCUT2D eigenvalue weighted by Crippen LogP contribution is -2.40. The SMILES string of the molecule is CN(C)C(=O)COCC1CC2(CCN(Cc3ccsc3)CC2)CO1. The van der Waals surface area contributed by atoms with Crippen LogP contribution in [0.3, 0.4) is 0 Å². The van der Waals surface area contributed by atoms with Crippen molar-refractivity contribution in [3.8, 4) is 0 Å². The minimum absolute atomic E-state index is 0.00412. The third-order valence-corrected chi connectivity index (χ3v) is 5.95. The topological polar surface area (TPSA) is 42.0 Å². The summed E-state index contributed by atoms with van der Waals surface area (Å²) in [4.78, 5) is 15.6. The van der Waals surface area contributed by atoms with E-state index in [4.69, 9.17) is 9.47 Å². The van der Waals surface area contributed by atoms with Crippen molar-refractivity contribution < 1.29 is 14.3 Å². The molecule has 2 saturated heterocycles. The maximum atomic E-state index is 11.5. The lowest BCUT2D eigenvalue weighted by molar-refractivity contribution is -0.134. The largest absolute Gasteiger partial charge is 0.375 e. The molecule has 3 heterocycles. The number of likely N-dealkylation sites (tertiary alicyclic amines) is 1. The van der Waals surface area contributed by atoms with Gasteiger partial charge >= 0.3 is 0 Å². The molecule has 1 amide bonds. The first-order valence-corrected chi connectivity index (χ1v) is 9.64. The summed E-state index contributed by atoms with van der Waals surface area (Å²) in [5.41, 5.74) is 1.75. The summed E-state index contributed by atoms with van der Waals surface area (Å²) in [7, 11) is 3.49. The number of thiophene rings is 1. The fourth-order valence-electron chi connectivity index (χ4n) is 3.58. The first-order chi connectivity index (χ1) is 11.6. The molecule has 0 aromatic carbocycles. The van der Waals surface area contributed by atoms with E-state index < -0.39 is 0 Å². The van der Waals surface area contributed by atoms with Crippen molar-refractivity contribution in [1.82, 2.24) is 9.80 Å². The average Bonchev–Trinajstić information content (AvgIpc) is 3.20. The molecule has 1 spiro atoms. The number of nitrogens with zero attached hydrogens (tertiary/aromatic N) is 2. The van der Waals surface area contributed by atoms with Crippen LogP contribution in [0, 0.1) is 5.41 Å². The van der Waals surface area contributed by atoms with Crippen molar-refractivity contribution in [2.24, 2.45) is 5.41 Å². The van der Waals surface area contributed by atoms with Crippen LogP contribution in [-0.2, 0) is 20.8 Å². The van der Waals surface area contributed by atoms with Gasteiger partial charge < -0.3 is 14.4 Å². The molecule has 0 radical (unpaired) electrons. The van der Waals surface area contributed by atoms with E-state index in [-0.39, 0.29) is 18.6 Å². The summed E-state index contributed by atoms with van der Waals surface area (Å²) in [6.07, 6.45) is 3.60. The Labute approximate surface area is 148 Å². The molecule has 3 rings (SSSR count). The van der Waals surface area contributed by atoms with E-state index in [0.717, 1.165) is 32.7 Å². The second-order valence-electron chi connectivity index (χ2n) is 7.35. The number of hydrogen-bond donors (Lipinski definition) is 0. The van der Waals surface area contributed by atoms with Gasteiger partial charge in [0.15, 0.2) is 0 Å². The summed E-state index contributed by atoms with van der Waals surface area (Å²) in [5.74, 6) is 0.00412. The second-order valence-corrected chi connectivity index (χ2v) is 8.13. The summed E-state index contributed by atoms with van der Waals surface area (Å²) >= 11 is 1.77. The average molecular weight is 353 g/mol. The zero-order valence-corrected chi connectivity index (χ0v) is 15.5. The van der Waals surface area contributed by atoms with Crippen molar-refractivity contribution in [2.45, 2.75) is 31.9 Å². The van der Waals surface area contributed by atoms with Crippen molar-refractivity contribution in [1.29, 1.82) is 0 Å². The zero-order chi connectivity index (χ0) is 17.0. The molecular weight excluding hydrogens is 324 g/mol. The zero-order valence-electron chi connectivity index (χ0n) is 14.7. The summed E-state index contributed by atoms with van der Waals surface area (Å²) in [6, 6.07) is 2.22. The van der Waals surface area contributed by atoms with Crippen LogP contribution in [0.4, 0.5) is 0 Å². The second kappa shape index (κ2) is 7.95. The molecule has 6 heteroatoms. The maximum Gasteiger partial charge on any atom is 0.248 e. The molecule has 1 unspecified atom stereocenters. The number of amides is 1. The van der Waals surface area contributed by atoms with E-state index >= 15 is 0 Å². The molecule has 0 N–H and O–H groups in total. The monoisotopic (exact) mass is 352 g/mol. The predicted molar refractivity (Wildman–Crippen MR) is 95.1 cm³/mol. The summed E-state index contributed by atoms with van der Waals surface area (Å²) in [5, 5.41) is 4.39. The fourth-order valence-corrected chi connectivity index (χ4v) is 4.24. The van der Waals surface area contributed by atoms with Gasteiger partial charge in [0.1, 0.15) is 6.61 Å². The van der Waals surface area contributed by atoms with Crippen molar-refractivity contribution in [3.63, 3.8) is 0 Å². The fraction of sp³-hybridized carbons (Fsp3) is 0.722. The van der Waals surface area contributed by atoms with Crippen LogP contribution < -0.4 is 0 Å². The van der Waals surface area contributed by atoms with Gasteiger partial charge in [-0.15, -0.1) is 0 Å². The Morgan fingerprint density at radius 3 is 2.92 bits per heavy atom. The van der Waals surface area contributed by atoms with Gasteiger partial charge in [0, 0.05) is 20.6 Å². The van der Waals surface area contributed by atoms with E-state index in [0.29, 0.717) is 12.0 Å². The first-order valence-electron chi connectivity index (χ1n) is 8.69. The molecule has 2 fully saturated rings. The molecule has 1 aromatic heterocycles. The summed E-state index contributed by atoms with van der Waals surface area (Å²) in [6.45, 7) is 4.88. The minimum atomic E-state index is 0.00412. The van der Waals surface area contributed by atoms with Crippen LogP contribution in [0.1, 0.15) is 24.8 Å². The minimum Gasteiger partial charge on any atom is -0.375 e. The van der Waals surface area contributed by atoms with Gasteiger partial charge in [-0.05, 0) is 60.2 Å². The number of rotatable bonds is 6. The van der Waals surface area contributed by atoms with Gasteiger partial charge in [0.2, 0.25) is 5.91 Å². The summed E-state index contributed by atoms with van der Waals surface area (Å²) < 4.78 is 11.5. The number of carbonyl (C=O) groups is 1. The Hall–Kier alpha value is -0.950. The van der Waals surface area contributed by atoms with Gasteiger partial charge in [-0.1, -0.05) is 0 Å². The molecule has 0 saturated carbocycles. The Morgan fingerprint density at radius 2 is 2.25 bits per heavy atom. The quantitative estimate of drug-likeness (QED) is 0.787. The Bertz CT molecular complexity index is 524. The van der Waals surface area contributed by atoms with Crippen molar-refractivity contribution in [2.75, 3.05) is 47.0 Å². The molecule has 2 aliphatic heterocycles. The lowest BCUT2D eigenvalue weighted by Gasteiger charge is -2.38. The molecule has 1 aromatic rings. The molecule has 2 aliphatic rings. The molecule has 0 bridgehead atoms. The molecular formula is C18H28N2O3S. The van der Waals surface area contributed by atoms with Crippen LogP contribution in [0.2, 0.25) is 0 Å². The number of hydrogen-bond acceptors (Lipinski definition) is 5. The molecule has 24 heavy (non-hydrogen) atoms. The van der Waals surface area contributed by atoms with Crippen molar-refractivity contribution in [3.05, 3.63) is 22.4 Å². The normalized spacial score (nSPS) is 23.7. The maximum absolute atomic E-state index is 11.5. The molecule has 1 atom stereocenters. The van der Waals surface area contributed by atoms with Crippen LogP contribution in [0.15, 0.2) is 16.8 Å². The highest BCUT2D eigenvalue weighted by Gasteiger charge is 2.42. The van der Waals surface area contributed by atoms with Gasteiger partial charge in [0.25, 0.3) is 0 Å². The van der Waals surface area contributed by atoms with Gasteiger partial charge in [-0.2, -0.15) is 11.3 Å². The van der Waals surface area contributed by atoms with Gasteiger partial charge in [-0.3, -0.25) is 9.69 Å². The standard InChI is InChI=1S/C18H28N2O3S/c1-19(2)17(21)12-22-11-16-9-18(14-23-16)4-6-20(7-5-18)10-15-3-8-24-13-15/h3,8,13,16H,4-7,9-12,14H2,1-2H3. The van der Waals surface area contributed by atoms with E-state index in [2.05, 4.69) is 21.7 Å². The van der Waals surface area contributed by atoms with Crippen LogP contribution >= 0.6 is 11.3 Å². The van der Waals surface area contributed by atoms with E-state index in [9.17, 15) is 4.79 Å². The van der Waals surface area contributed by atoms with Gasteiger partial charge in [0.05, 0.1) is 19.3 Å². The smallest absolute Gasteiger partial charge is 0.248 e.